The minimum Gasteiger partial charge on any atom is -0.464 e. The summed E-state index contributed by atoms with van der Waals surface area (Å²) in [6.07, 6.45) is 3.75. The molecule has 136 valence electrons. The van der Waals surface area contributed by atoms with Crippen molar-refractivity contribution in [2.24, 2.45) is 0 Å². The average Bonchev–Trinajstić information content (AvgIpc) is 3.01. The highest BCUT2D eigenvalue weighted by Gasteiger charge is 2.15. The van der Waals surface area contributed by atoms with Crippen LogP contribution in [0.2, 0.25) is 0 Å². The lowest BCUT2D eigenvalue weighted by Gasteiger charge is -2.08. The van der Waals surface area contributed by atoms with Crippen molar-refractivity contribution in [1.82, 2.24) is 4.98 Å². The van der Waals surface area contributed by atoms with Crippen molar-refractivity contribution >= 4 is 33.7 Å². The number of hydrogen-bond acceptors (Lipinski definition) is 5. The molecule has 6 nitrogen and oxygen atoms in total. The second-order valence-corrected chi connectivity index (χ2v) is 6.52. The number of furan rings is 1. The van der Waals surface area contributed by atoms with Crippen LogP contribution in [0.3, 0.4) is 0 Å². The van der Waals surface area contributed by atoms with Crippen LogP contribution in [-0.4, -0.2) is 10.9 Å². The van der Waals surface area contributed by atoms with Crippen LogP contribution in [0.1, 0.15) is 23.1 Å². The Bertz CT molecular complexity index is 1210. The van der Waals surface area contributed by atoms with Gasteiger partial charge in [0.15, 0.2) is 0 Å². The van der Waals surface area contributed by atoms with E-state index in [2.05, 4.69) is 10.3 Å². The van der Waals surface area contributed by atoms with E-state index in [0.717, 1.165) is 21.9 Å². The molecule has 0 aliphatic heterocycles. The van der Waals surface area contributed by atoms with Gasteiger partial charge in [-0.05, 0) is 49.6 Å². The van der Waals surface area contributed by atoms with Gasteiger partial charge in [0.25, 0.3) is 0 Å². The first-order valence-corrected chi connectivity index (χ1v) is 8.68. The Kier molecular flexibility index (Phi) is 4.24. The molecule has 0 aliphatic rings. The molecule has 0 aliphatic carbocycles. The molecule has 1 aromatic carbocycles. The topological polar surface area (TPSA) is 85.3 Å². The van der Waals surface area contributed by atoms with E-state index in [1.165, 1.54) is 0 Å². The predicted molar refractivity (Wildman–Crippen MR) is 103 cm³/mol. The van der Waals surface area contributed by atoms with Gasteiger partial charge in [0.1, 0.15) is 17.0 Å². The van der Waals surface area contributed by atoms with Gasteiger partial charge in [-0.25, -0.2) is 9.78 Å². The Morgan fingerprint density at radius 2 is 2.00 bits per heavy atom. The summed E-state index contributed by atoms with van der Waals surface area (Å²) < 4.78 is 11.0. The van der Waals surface area contributed by atoms with Crippen molar-refractivity contribution in [3.8, 4) is 0 Å². The van der Waals surface area contributed by atoms with Crippen LogP contribution in [0.25, 0.3) is 21.9 Å². The molecule has 0 bridgehead atoms. The van der Waals surface area contributed by atoms with Crippen LogP contribution in [0, 0.1) is 13.8 Å². The van der Waals surface area contributed by atoms with Gasteiger partial charge in [0.05, 0.1) is 6.26 Å². The summed E-state index contributed by atoms with van der Waals surface area (Å²) in [6, 6.07) is 9.00. The highest BCUT2D eigenvalue weighted by Crippen LogP contribution is 2.29. The molecular weight excluding hydrogens is 344 g/mol. The smallest absolute Gasteiger partial charge is 0.339 e. The van der Waals surface area contributed by atoms with Crippen molar-refractivity contribution in [2.75, 3.05) is 5.32 Å². The van der Waals surface area contributed by atoms with E-state index in [4.69, 9.17) is 8.83 Å². The van der Waals surface area contributed by atoms with Crippen molar-refractivity contribution in [2.45, 2.75) is 26.7 Å². The molecule has 0 saturated heterocycles. The number of aryl methyl sites for hydroxylation is 2. The number of carbonyl (C=O) groups excluding carboxylic acids is 1. The predicted octanol–water partition coefficient (Wildman–Crippen LogP) is 4.12. The Hall–Kier alpha value is -3.41. The quantitative estimate of drug-likeness (QED) is 0.552. The van der Waals surface area contributed by atoms with Crippen LogP contribution in [0.15, 0.2) is 56.4 Å². The molecule has 1 amide bonds. The van der Waals surface area contributed by atoms with Crippen LogP contribution < -0.4 is 10.9 Å². The fourth-order valence-corrected chi connectivity index (χ4v) is 3.21. The van der Waals surface area contributed by atoms with E-state index in [1.807, 2.05) is 19.9 Å². The number of benzene rings is 1. The number of amides is 1. The number of aromatic nitrogens is 1. The fourth-order valence-electron chi connectivity index (χ4n) is 3.21. The molecule has 4 aromatic rings. The molecule has 0 unspecified atom stereocenters. The van der Waals surface area contributed by atoms with Gasteiger partial charge < -0.3 is 14.2 Å². The van der Waals surface area contributed by atoms with E-state index in [1.54, 1.807) is 36.7 Å². The average molecular weight is 362 g/mol. The summed E-state index contributed by atoms with van der Waals surface area (Å²) in [5.41, 5.74) is 3.11. The molecule has 0 radical (unpaired) electrons. The maximum absolute atomic E-state index is 12.4. The largest absolute Gasteiger partial charge is 0.464 e. The van der Waals surface area contributed by atoms with Crippen LogP contribution in [0.5, 0.6) is 0 Å². The highest BCUT2D eigenvalue weighted by atomic mass is 16.4. The lowest BCUT2D eigenvalue weighted by Crippen LogP contribution is -2.17. The van der Waals surface area contributed by atoms with Crippen LogP contribution in [0.4, 0.5) is 5.82 Å². The number of anilines is 1. The summed E-state index contributed by atoms with van der Waals surface area (Å²) in [7, 11) is 0. The molecular formula is C21H18N2O4. The first kappa shape index (κ1) is 17.0. The van der Waals surface area contributed by atoms with Crippen LogP contribution in [-0.2, 0) is 11.2 Å². The van der Waals surface area contributed by atoms with E-state index >= 15 is 0 Å². The third-order valence-electron chi connectivity index (χ3n) is 4.71. The number of rotatable bonds is 4. The summed E-state index contributed by atoms with van der Waals surface area (Å²) >= 11 is 0. The first-order valence-electron chi connectivity index (χ1n) is 8.68. The molecule has 0 saturated carbocycles. The highest BCUT2D eigenvalue weighted by molar-refractivity contribution is 5.96. The zero-order chi connectivity index (χ0) is 19.0. The Labute approximate surface area is 154 Å². The summed E-state index contributed by atoms with van der Waals surface area (Å²) in [6.45, 7) is 3.85. The van der Waals surface area contributed by atoms with Gasteiger partial charge in [0.2, 0.25) is 5.91 Å². The van der Waals surface area contributed by atoms with Crippen molar-refractivity contribution in [1.29, 1.82) is 0 Å². The molecule has 0 spiro atoms. The Morgan fingerprint density at radius 3 is 2.78 bits per heavy atom. The number of pyridine rings is 1. The van der Waals surface area contributed by atoms with Gasteiger partial charge in [-0.15, -0.1) is 0 Å². The molecule has 4 rings (SSSR count). The maximum atomic E-state index is 12.4. The van der Waals surface area contributed by atoms with Gasteiger partial charge in [-0.3, -0.25) is 4.79 Å². The van der Waals surface area contributed by atoms with E-state index in [0.29, 0.717) is 29.0 Å². The Balaban J connectivity index is 1.63. The molecule has 6 heteroatoms. The third kappa shape index (κ3) is 3.21. The maximum Gasteiger partial charge on any atom is 0.339 e. The summed E-state index contributed by atoms with van der Waals surface area (Å²) in [4.78, 5) is 28.6. The molecule has 3 aromatic heterocycles. The van der Waals surface area contributed by atoms with Gasteiger partial charge >= 0.3 is 5.63 Å². The lowest BCUT2D eigenvalue weighted by molar-refractivity contribution is -0.116. The first-order chi connectivity index (χ1) is 13.0. The standard InChI is InChI=1S/C21H18N2O4/c1-12-11-26-17-10-18-16(9-15(12)17)13(2)14(21(25)27-18)6-7-20(24)23-19-5-3-4-8-22-19/h3-5,8-11H,6-7H2,1-2H3,(H,22,23,24). The minimum absolute atomic E-state index is 0.167. The van der Waals surface area contributed by atoms with Gasteiger partial charge in [-0.2, -0.15) is 0 Å². The number of hydrogen-bond donors (Lipinski definition) is 1. The number of nitrogens with one attached hydrogen (secondary N) is 1. The minimum atomic E-state index is -0.423. The SMILES string of the molecule is Cc1coc2cc3oc(=O)c(CCC(=O)Nc4ccccn4)c(C)c3cc12. The second kappa shape index (κ2) is 6.72. The monoisotopic (exact) mass is 362 g/mol. The second-order valence-electron chi connectivity index (χ2n) is 6.52. The molecule has 1 N–H and O–H groups in total. The summed E-state index contributed by atoms with van der Waals surface area (Å²) in [5, 5.41) is 4.56. The fraction of sp³-hybridized carbons (Fsp3) is 0.190. The molecule has 0 fully saturated rings. The normalized spacial score (nSPS) is 11.2. The van der Waals surface area contributed by atoms with Crippen molar-refractivity contribution in [3.05, 3.63) is 69.9 Å². The molecule has 27 heavy (non-hydrogen) atoms. The van der Waals surface area contributed by atoms with Crippen LogP contribution >= 0.6 is 0 Å². The van der Waals surface area contributed by atoms with Gasteiger partial charge in [-0.1, -0.05) is 6.07 Å². The zero-order valence-electron chi connectivity index (χ0n) is 15.0. The number of nitrogens with zero attached hydrogens (tertiary/aromatic N) is 1. The Morgan fingerprint density at radius 1 is 1.15 bits per heavy atom. The molecule has 3 heterocycles. The third-order valence-corrected chi connectivity index (χ3v) is 4.71. The number of carbonyl (C=O) groups is 1. The molecule has 0 atom stereocenters. The zero-order valence-corrected chi connectivity index (χ0v) is 15.0. The van der Waals surface area contributed by atoms with E-state index < -0.39 is 5.63 Å². The lowest BCUT2D eigenvalue weighted by atomic mass is 10.0. The van der Waals surface area contributed by atoms with Crippen molar-refractivity contribution in [3.63, 3.8) is 0 Å². The van der Waals surface area contributed by atoms with Crippen molar-refractivity contribution < 1.29 is 13.6 Å². The summed E-state index contributed by atoms with van der Waals surface area (Å²) in [5.74, 6) is 0.288. The van der Waals surface area contributed by atoms with Gasteiger partial charge in [0, 0.05) is 35.0 Å². The van der Waals surface area contributed by atoms with E-state index in [-0.39, 0.29) is 12.3 Å². The van der Waals surface area contributed by atoms with E-state index in [9.17, 15) is 9.59 Å². The number of fused-ring (bicyclic) bond motifs is 2.